The van der Waals surface area contributed by atoms with Crippen LogP contribution in [0.4, 0.5) is 0 Å². The topological polar surface area (TPSA) is 30.7 Å². The Labute approximate surface area is 355 Å². The van der Waals surface area contributed by atoms with Crippen molar-refractivity contribution in [1.82, 2.24) is 14.5 Å². The lowest BCUT2D eigenvalue weighted by atomic mass is 9.43. The van der Waals surface area contributed by atoms with Gasteiger partial charge >= 0.3 is 0 Å². The third-order valence-electron chi connectivity index (χ3n) is 15.6. The van der Waals surface area contributed by atoms with Crippen molar-refractivity contribution in [3.8, 4) is 50.6 Å². The molecule has 290 valence electrons. The van der Waals surface area contributed by atoms with Crippen LogP contribution >= 0.6 is 0 Å². The second-order valence-electron chi connectivity index (χ2n) is 18.5. The first-order chi connectivity index (χ1) is 30.2. The van der Waals surface area contributed by atoms with Crippen LogP contribution < -0.4 is 0 Å². The van der Waals surface area contributed by atoms with E-state index in [4.69, 9.17) is 9.97 Å². The molecule has 0 unspecified atom stereocenters. The van der Waals surface area contributed by atoms with E-state index >= 15 is 0 Å². The van der Waals surface area contributed by atoms with Gasteiger partial charge in [-0.05, 0) is 131 Å². The molecule has 3 nitrogen and oxygen atoms in total. The van der Waals surface area contributed by atoms with Crippen LogP contribution in [0.5, 0.6) is 0 Å². The number of rotatable bonds is 4. The summed E-state index contributed by atoms with van der Waals surface area (Å²) in [6.07, 6.45) is 6.94. The Hall–Kier alpha value is -6.84. The minimum atomic E-state index is 0.0789. The second kappa shape index (κ2) is 12.6. The number of para-hydroxylation sites is 2. The normalized spacial score (nSPS) is 22.2. The molecule has 8 aromatic carbocycles. The molecule has 0 saturated heterocycles. The first kappa shape index (κ1) is 33.9. The zero-order valence-corrected chi connectivity index (χ0v) is 33.9. The molecule has 0 aliphatic heterocycles. The van der Waals surface area contributed by atoms with Gasteiger partial charge in [-0.3, -0.25) is 0 Å². The number of benzene rings is 8. The minimum Gasteiger partial charge on any atom is -0.309 e. The van der Waals surface area contributed by atoms with Gasteiger partial charge in [0.15, 0.2) is 5.82 Å². The first-order valence-corrected chi connectivity index (χ1v) is 22.3. The van der Waals surface area contributed by atoms with Gasteiger partial charge in [0.25, 0.3) is 0 Å². The Bertz CT molecular complexity index is 3420. The Morgan fingerprint density at radius 1 is 0.426 bits per heavy atom. The molecule has 5 aliphatic carbocycles. The van der Waals surface area contributed by atoms with Crippen molar-refractivity contribution in [2.75, 3.05) is 0 Å². The van der Waals surface area contributed by atoms with E-state index in [9.17, 15) is 0 Å². The Balaban J connectivity index is 1.04. The van der Waals surface area contributed by atoms with E-state index in [1.807, 2.05) is 0 Å². The molecule has 0 amide bonds. The van der Waals surface area contributed by atoms with Crippen molar-refractivity contribution in [1.29, 1.82) is 0 Å². The van der Waals surface area contributed by atoms with Crippen molar-refractivity contribution in [2.45, 2.75) is 37.5 Å². The van der Waals surface area contributed by atoms with Crippen LogP contribution in [0.15, 0.2) is 176 Å². The lowest BCUT2D eigenvalue weighted by Gasteiger charge is -2.61. The van der Waals surface area contributed by atoms with Crippen molar-refractivity contribution < 1.29 is 0 Å². The van der Waals surface area contributed by atoms with Gasteiger partial charge in [-0.25, -0.2) is 9.97 Å². The molecule has 0 atom stereocenters. The monoisotopic (exact) mass is 781 g/mol. The maximum atomic E-state index is 5.38. The van der Waals surface area contributed by atoms with Crippen LogP contribution in [0.25, 0.3) is 94.1 Å². The number of hydrogen-bond acceptors (Lipinski definition) is 2. The second-order valence-corrected chi connectivity index (χ2v) is 18.5. The minimum absolute atomic E-state index is 0.0789. The smallest absolute Gasteiger partial charge is 0.161 e. The van der Waals surface area contributed by atoms with E-state index in [1.54, 1.807) is 11.1 Å². The highest BCUT2D eigenvalue weighted by molar-refractivity contribution is 6.16. The molecule has 5 aliphatic rings. The van der Waals surface area contributed by atoms with E-state index in [0.29, 0.717) is 11.8 Å². The maximum Gasteiger partial charge on any atom is 0.161 e. The molecule has 2 heterocycles. The van der Waals surface area contributed by atoms with E-state index in [1.165, 1.54) is 81.5 Å². The molecule has 4 fully saturated rings. The number of nitrogens with zero attached hydrogens (tertiary/aromatic N) is 3. The first-order valence-electron chi connectivity index (χ1n) is 22.3. The number of fused-ring (bicyclic) bond motifs is 8. The van der Waals surface area contributed by atoms with Crippen LogP contribution in [0.2, 0.25) is 0 Å². The SMILES string of the molecule is c1ccc(-c2nc(-c3ccccc3-c3ccccc3-n3c4cc5c(cc4c4cc6ccccc6cc43)-c3ccccc3C53C4CC5CC(C4)CC3C5)nc3ccccc23)cc1. The van der Waals surface area contributed by atoms with E-state index in [0.717, 1.165) is 56.5 Å². The average molecular weight is 782 g/mol. The van der Waals surface area contributed by atoms with Crippen LogP contribution in [-0.2, 0) is 5.41 Å². The standard InChI is InChI=1S/C58H43N3/c1-2-14-37(15-3-1)56-46-22-9-12-24-52(46)59-57(60-56)45-21-7-6-18-42(45)44-20-10-13-25-53(44)61-54-32-39-17-5-4-16-38(39)31-48(54)49-33-47-43-19-8-11-23-50(43)58(51(47)34-55(49)61)40-27-35-26-36(29-40)30-41(58)28-35/h1-25,31-36,40-41H,26-30H2. The van der Waals surface area contributed by atoms with Crippen molar-refractivity contribution in [3.05, 3.63) is 187 Å². The molecule has 0 radical (unpaired) electrons. The molecule has 3 heteroatoms. The summed E-state index contributed by atoms with van der Waals surface area (Å²) in [5, 5.41) is 6.20. The fourth-order valence-corrected chi connectivity index (χ4v) is 13.4. The average Bonchev–Trinajstić information content (AvgIpc) is 3.77. The summed E-state index contributed by atoms with van der Waals surface area (Å²) in [5.74, 6) is 3.93. The van der Waals surface area contributed by atoms with Crippen molar-refractivity contribution in [3.63, 3.8) is 0 Å². The van der Waals surface area contributed by atoms with Gasteiger partial charge in [-0.1, -0.05) is 140 Å². The van der Waals surface area contributed by atoms with Gasteiger partial charge in [0.1, 0.15) is 0 Å². The summed E-state index contributed by atoms with van der Waals surface area (Å²) in [5.41, 5.74) is 16.2. The summed E-state index contributed by atoms with van der Waals surface area (Å²) in [6.45, 7) is 0. The predicted molar refractivity (Wildman–Crippen MR) is 251 cm³/mol. The van der Waals surface area contributed by atoms with Crippen LogP contribution in [0.1, 0.15) is 43.2 Å². The molecular formula is C58H43N3. The van der Waals surface area contributed by atoms with Gasteiger partial charge in [-0.15, -0.1) is 0 Å². The van der Waals surface area contributed by atoms with Crippen LogP contribution in [-0.4, -0.2) is 14.5 Å². The van der Waals surface area contributed by atoms with Crippen molar-refractivity contribution >= 4 is 43.5 Å². The molecule has 10 aromatic rings. The molecular weight excluding hydrogens is 739 g/mol. The lowest BCUT2D eigenvalue weighted by molar-refractivity contribution is -0.0399. The van der Waals surface area contributed by atoms with Gasteiger partial charge in [0.05, 0.1) is 27.9 Å². The van der Waals surface area contributed by atoms with E-state index < -0.39 is 0 Å². The molecule has 2 aromatic heterocycles. The van der Waals surface area contributed by atoms with E-state index in [2.05, 4.69) is 180 Å². The zero-order chi connectivity index (χ0) is 39.8. The molecule has 61 heavy (non-hydrogen) atoms. The summed E-state index contributed by atoms with van der Waals surface area (Å²) >= 11 is 0. The third-order valence-corrected chi connectivity index (χ3v) is 15.6. The Morgan fingerprint density at radius 3 is 1.84 bits per heavy atom. The molecule has 4 saturated carbocycles. The Morgan fingerprint density at radius 2 is 1.03 bits per heavy atom. The van der Waals surface area contributed by atoms with Gasteiger partial charge < -0.3 is 4.57 Å². The van der Waals surface area contributed by atoms with Crippen molar-refractivity contribution in [2.24, 2.45) is 23.7 Å². The highest BCUT2D eigenvalue weighted by Gasteiger charge is 2.61. The van der Waals surface area contributed by atoms with Crippen LogP contribution in [0.3, 0.4) is 0 Å². The highest BCUT2D eigenvalue weighted by Crippen LogP contribution is 2.69. The lowest BCUT2D eigenvalue weighted by Crippen LogP contribution is -2.55. The van der Waals surface area contributed by atoms with Crippen LogP contribution in [0, 0.1) is 23.7 Å². The zero-order valence-electron chi connectivity index (χ0n) is 33.9. The summed E-state index contributed by atoms with van der Waals surface area (Å²) in [4.78, 5) is 10.6. The molecule has 15 rings (SSSR count). The number of hydrogen-bond donors (Lipinski definition) is 0. The fourth-order valence-electron chi connectivity index (χ4n) is 13.4. The summed E-state index contributed by atoms with van der Waals surface area (Å²) in [7, 11) is 0. The van der Waals surface area contributed by atoms with Gasteiger partial charge in [0, 0.05) is 38.3 Å². The highest BCUT2D eigenvalue weighted by atomic mass is 15.0. The Kier molecular flexibility index (Phi) is 7.01. The summed E-state index contributed by atoms with van der Waals surface area (Å²) < 4.78 is 2.60. The molecule has 1 spiro atoms. The third kappa shape index (κ3) is 4.69. The fraction of sp³-hybridized carbons (Fsp3) is 0.172. The number of aromatic nitrogens is 3. The molecule has 4 bridgehead atoms. The molecule has 0 N–H and O–H groups in total. The van der Waals surface area contributed by atoms with Gasteiger partial charge in [0.2, 0.25) is 0 Å². The summed E-state index contributed by atoms with van der Waals surface area (Å²) in [6, 6.07) is 65.2. The largest absolute Gasteiger partial charge is 0.309 e. The quantitative estimate of drug-likeness (QED) is 0.178. The maximum absolute atomic E-state index is 5.38. The predicted octanol–water partition coefficient (Wildman–Crippen LogP) is 14.6. The van der Waals surface area contributed by atoms with E-state index in [-0.39, 0.29) is 5.41 Å². The van der Waals surface area contributed by atoms with Gasteiger partial charge in [-0.2, -0.15) is 0 Å².